The number of rotatable bonds is 7. The molecule has 5 heteroatoms. The summed E-state index contributed by atoms with van der Waals surface area (Å²) in [6.45, 7) is 6.89. The molecule has 3 N–H and O–H groups in total. The molecule has 0 heterocycles. The fourth-order valence-corrected chi connectivity index (χ4v) is 0.565. The van der Waals surface area contributed by atoms with Gasteiger partial charge in [-0.05, 0) is 20.8 Å². The second-order valence-corrected chi connectivity index (χ2v) is 3.10. The van der Waals surface area contributed by atoms with Crippen molar-refractivity contribution in [3.05, 3.63) is 0 Å². The van der Waals surface area contributed by atoms with Crippen LogP contribution in [-0.4, -0.2) is 60.6 Å². The van der Waals surface area contributed by atoms with E-state index in [4.69, 9.17) is 24.8 Å². The Bertz CT molecular complexity index is 104. The van der Waals surface area contributed by atoms with E-state index in [1.807, 2.05) is 6.92 Å². The topological polar surface area (TPSA) is 79.2 Å². The number of aliphatic hydroxyl groups is 3. The third kappa shape index (κ3) is 20.0. The normalized spacial score (nSPS) is 14.0. The molecule has 0 aromatic rings. The van der Waals surface area contributed by atoms with E-state index in [-0.39, 0.29) is 19.3 Å². The third-order valence-electron chi connectivity index (χ3n) is 1.32. The van der Waals surface area contributed by atoms with Gasteiger partial charge in [-0.25, -0.2) is 0 Å². The minimum atomic E-state index is -0.445. The van der Waals surface area contributed by atoms with Gasteiger partial charge >= 0.3 is 0 Å². The predicted molar refractivity (Wildman–Crippen MR) is 57.8 cm³/mol. The van der Waals surface area contributed by atoms with Gasteiger partial charge in [0, 0.05) is 6.61 Å². The van der Waals surface area contributed by atoms with Crippen LogP contribution in [0.5, 0.6) is 0 Å². The van der Waals surface area contributed by atoms with Gasteiger partial charge in [0.25, 0.3) is 0 Å². The first-order valence-electron chi connectivity index (χ1n) is 5.17. The molecule has 0 aromatic carbocycles. The van der Waals surface area contributed by atoms with Gasteiger partial charge in [0.05, 0.1) is 38.6 Å². The minimum Gasteiger partial charge on any atom is -0.394 e. The van der Waals surface area contributed by atoms with Crippen molar-refractivity contribution in [3.8, 4) is 0 Å². The van der Waals surface area contributed by atoms with Crippen LogP contribution in [0.3, 0.4) is 0 Å². The van der Waals surface area contributed by atoms with Gasteiger partial charge in [-0.15, -0.1) is 0 Å². The molecule has 0 aliphatic rings. The number of aliphatic hydroxyl groups excluding tert-OH is 3. The van der Waals surface area contributed by atoms with Gasteiger partial charge in [0.1, 0.15) is 0 Å². The van der Waals surface area contributed by atoms with Gasteiger partial charge in [0.15, 0.2) is 0 Å². The molecular weight excluding hydrogens is 200 g/mol. The zero-order valence-corrected chi connectivity index (χ0v) is 9.85. The summed E-state index contributed by atoms with van der Waals surface area (Å²) < 4.78 is 9.69. The molecule has 0 saturated carbocycles. The lowest BCUT2D eigenvalue weighted by Crippen LogP contribution is -2.19. The Labute approximate surface area is 91.6 Å². The minimum absolute atomic E-state index is 0.00667. The second kappa shape index (κ2) is 13.8. The quantitative estimate of drug-likeness (QED) is 0.521. The molecule has 0 aromatic heterocycles. The van der Waals surface area contributed by atoms with Crippen molar-refractivity contribution < 1.29 is 24.8 Å². The molecule has 0 rings (SSSR count). The molecule has 15 heavy (non-hydrogen) atoms. The molecule has 0 spiro atoms. The average Bonchev–Trinajstić information content (AvgIpc) is 2.23. The summed E-state index contributed by atoms with van der Waals surface area (Å²) in [5.74, 6) is 0. The third-order valence-corrected chi connectivity index (χ3v) is 1.32. The van der Waals surface area contributed by atoms with E-state index in [1.54, 1.807) is 13.8 Å². The van der Waals surface area contributed by atoms with Crippen molar-refractivity contribution in [2.45, 2.75) is 33.0 Å². The SMILES string of the molecule is CC(O)COC(C)CO.CCOCCO. The van der Waals surface area contributed by atoms with Gasteiger partial charge in [-0.1, -0.05) is 0 Å². The van der Waals surface area contributed by atoms with E-state index < -0.39 is 6.10 Å². The van der Waals surface area contributed by atoms with Gasteiger partial charge in [-0.2, -0.15) is 0 Å². The summed E-state index contributed by atoms with van der Waals surface area (Å²) in [6.07, 6.45) is -0.612. The average molecular weight is 224 g/mol. The van der Waals surface area contributed by atoms with Crippen LogP contribution in [-0.2, 0) is 9.47 Å². The molecule has 2 unspecified atom stereocenters. The van der Waals surface area contributed by atoms with E-state index in [1.165, 1.54) is 0 Å². The lowest BCUT2D eigenvalue weighted by Gasteiger charge is -2.10. The fraction of sp³-hybridized carbons (Fsp3) is 1.00. The van der Waals surface area contributed by atoms with Gasteiger partial charge < -0.3 is 24.8 Å². The summed E-state index contributed by atoms with van der Waals surface area (Å²) in [5.41, 5.74) is 0. The Kier molecular flexibility index (Phi) is 15.8. The molecule has 0 bridgehead atoms. The largest absolute Gasteiger partial charge is 0.394 e. The highest BCUT2D eigenvalue weighted by molar-refractivity contribution is 4.47. The van der Waals surface area contributed by atoms with Crippen molar-refractivity contribution >= 4 is 0 Å². The van der Waals surface area contributed by atoms with Crippen LogP contribution in [0.2, 0.25) is 0 Å². The molecule has 0 radical (unpaired) electrons. The van der Waals surface area contributed by atoms with Crippen LogP contribution in [0.25, 0.3) is 0 Å². The maximum Gasteiger partial charge on any atom is 0.0779 e. The van der Waals surface area contributed by atoms with E-state index in [0.29, 0.717) is 19.8 Å². The monoisotopic (exact) mass is 224 g/mol. The van der Waals surface area contributed by atoms with E-state index in [9.17, 15) is 0 Å². The highest BCUT2D eigenvalue weighted by Gasteiger charge is 2.00. The molecule has 0 saturated heterocycles. The van der Waals surface area contributed by atoms with Crippen molar-refractivity contribution in [1.29, 1.82) is 0 Å². The summed E-state index contributed by atoms with van der Waals surface area (Å²) in [5, 5.41) is 25.2. The molecule has 0 amide bonds. The molecular formula is C10H24O5. The number of hydrogen-bond acceptors (Lipinski definition) is 5. The highest BCUT2D eigenvalue weighted by Crippen LogP contribution is 1.90. The summed E-state index contributed by atoms with van der Waals surface area (Å²) in [7, 11) is 0. The Morgan fingerprint density at radius 2 is 1.80 bits per heavy atom. The molecule has 0 fully saturated rings. The molecule has 5 nitrogen and oxygen atoms in total. The van der Waals surface area contributed by atoms with Crippen LogP contribution in [0.4, 0.5) is 0 Å². The Morgan fingerprint density at radius 3 is 2.07 bits per heavy atom. The van der Waals surface area contributed by atoms with Crippen LogP contribution in [0, 0.1) is 0 Å². The molecule has 0 aliphatic heterocycles. The Balaban J connectivity index is 0. The molecule has 2 atom stereocenters. The standard InChI is InChI=1S/C6H14O3.C4H10O2/c1-5(8)4-9-6(2)3-7;1-2-6-4-3-5/h5-8H,3-4H2,1-2H3;5H,2-4H2,1H3. The zero-order valence-electron chi connectivity index (χ0n) is 9.85. The predicted octanol–water partition coefficient (Wildman–Crippen LogP) is -0.220. The van der Waals surface area contributed by atoms with E-state index in [2.05, 4.69) is 0 Å². The second-order valence-electron chi connectivity index (χ2n) is 3.10. The first kappa shape index (κ1) is 17.2. The smallest absolute Gasteiger partial charge is 0.0779 e. The van der Waals surface area contributed by atoms with Crippen molar-refractivity contribution in [2.75, 3.05) is 33.0 Å². The van der Waals surface area contributed by atoms with Crippen molar-refractivity contribution in [3.63, 3.8) is 0 Å². The van der Waals surface area contributed by atoms with E-state index >= 15 is 0 Å². The maximum absolute atomic E-state index is 8.69. The maximum atomic E-state index is 8.69. The van der Waals surface area contributed by atoms with Gasteiger partial charge in [-0.3, -0.25) is 0 Å². The van der Waals surface area contributed by atoms with Crippen molar-refractivity contribution in [2.24, 2.45) is 0 Å². The Hall–Kier alpha value is -0.200. The van der Waals surface area contributed by atoms with Crippen molar-refractivity contribution in [1.82, 2.24) is 0 Å². The number of hydrogen-bond donors (Lipinski definition) is 3. The lowest BCUT2D eigenvalue weighted by molar-refractivity contribution is -0.0177. The summed E-state index contributed by atoms with van der Waals surface area (Å²) >= 11 is 0. The first-order valence-corrected chi connectivity index (χ1v) is 5.17. The van der Waals surface area contributed by atoms with Crippen LogP contribution >= 0.6 is 0 Å². The van der Waals surface area contributed by atoms with Gasteiger partial charge in [0.2, 0.25) is 0 Å². The van der Waals surface area contributed by atoms with Crippen LogP contribution in [0.1, 0.15) is 20.8 Å². The molecule has 94 valence electrons. The molecule has 0 aliphatic carbocycles. The Morgan fingerprint density at radius 1 is 1.20 bits per heavy atom. The fourth-order valence-electron chi connectivity index (χ4n) is 0.565. The first-order chi connectivity index (χ1) is 7.08. The van der Waals surface area contributed by atoms with Crippen LogP contribution in [0.15, 0.2) is 0 Å². The zero-order chi connectivity index (χ0) is 12.1. The summed E-state index contributed by atoms with van der Waals surface area (Å²) in [4.78, 5) is 0. The summed E-state index contributed by atoms with van der Waals surface area (Å²) in [6, 6.07) is 0. The highest BCUT2D eigenvalue weighted by atomic mass is 16.5. The van der Waals surface area contributed by atoms with Crippen LogP contribution < -0.4 is 0 Å². The van der Waals surface area contributed by atoms with E-state index in [0.717, 1.165) is 0 Å². The number of ether oxygens (including phenoxy) is 2. The lowest BCUT2D eigenvalue weighted by atomic mass is 10.4.